The number of carbonyl (C=O) groups excluding carboxylic acids is 1. The molecule has 1 fully saturated rings. The number of hydrogen-bond acceptors (Lipinski definition) is 6. The Morgan fingerprint density at radius 2 is 1.97 bits per heavy atom. The number of anilines is 1. The van der Waals surface area contributed by atoms with Crippen molar-refractivity contribution in [2.24, 2.45) is 0 Å². The van der Waals surface area contributed by atoms with Gasteiger partial charge in [-0.15, -0.1) is 0 Å². The highest BCUT2D eigenvalue weighted by molar-refractivity contribution is 6.35. The number of ether oxygens (including phenoxy) is 1. The highest BCUT2D eigenvalue weighted by atomic mass is 35.5. The summed E-state index contributed by atoms with van der Waals surface area (Å²) < 4.78 is 5.76. The molecule has 3 heterocycles. The number of piperazine rings is 1. The van der Waals surface area contributed by atoms with E-state index in [-0.39, 0.29) is 12.5 Å². The van der Waals surface area contributed by atoms with E-state index in [2.05, 4.69) is 20.9 Å². The zero-order valence-electron chi connectivity index (χ0n) is 15.6. The van der Waals surface area contributed by atoms with E-state index in [1.54, 1.807) is 41.6 Å². The van der Waals surface area contributed by atoms with Gasteiger partial charge in [0.1, 0.15) is 17.1 Å². The molecular formula is C21H18ClN5O2. The number of pyridine rings is 2. The molecule has 1 amide bonds. The average Bonchev–Trinajstić information content (AvgIpc) is 2.79. The maximum absolute atomic E-state index is 12.6. The number of halogens is 1. The standard InChI is InChI=1S/C21H18ClN5O2/c22-17-3-4-18(21-16(17)2-1-6-25-21)29-14-20(28)27-10-8-26(9-11-27)19-12-15(13-23)5-7-24-19/h1-7,12H,8-11,14H2. The average molecular weight is 408 g/mol. The Balaban J connectivity index is 1.36. The van der Waals surface area contributed by atoms with Crippen LogP contribution in [0.1, 0.15) is 5.56 Å². The van der Waals surface area contributed by atoms with Gasteiger partial charge in [0.25, 0.3) is 5.91 Å². The molecule has 0 bridgehead atoms. The zero-order valence-corrected chi connectivity index (χ0v) is 16.3. The van der Waals surface area contributed by atoms with Crippen LogP contribution in [0.4, 0.5) is 5.82 Å². The summed E-state index contributed by atoms with van der Waals surface area (Å²) in [6.45, 7) is 2.38. The molecular weight excluding hydrogens is 390 g/mol. The van der Waals surface area contributed by atoms with E-state index in [0.717, 1.165) is 11.2 Å². The highest BCUT2D eigenvalue weighted by Gasteiger charge is 2.22. The number of aromatic nitrogens is 2. The molecule has 1 aromatic carbocycles. The zero-order chi connectivity index (χ0) is 20.2. The summed E-state index contributed by atoms with van der Waals surface area (Å²) in [5, 5.41) is 10.4. The van der Waals surface area contributed by atoms with Gasteiger partial charge >= 0.3 is 0 Å². The van der Waals surface area contributed by atoms with Gasteiger partial charge in [-0.2, -0.15) is 5.26 Å². The maximum atomic E-state index is 12.6. The normalized spacial score (nSPS) is 13.9. The van der Waals surface area contributed by atoms with Crippen LogP contribution in [0.15, 0.2) is 48.8 Å². The lowest BCUT2D eigenvalue weighted by Crippen LogP contribution is -2.50. The summed E-state index contributed by atoms with van der Waals surface area (Å²) in [5.74, 6) is 1.21. The van der Waals surface area contributed by atoms with Crippen molar-refractivity contribution in [3.05, 3.63) is 59.4 Å². The van der Waals surface area contributed by atoms with Gasteiger partial charge in [0.2, 0.25) is 0 Å². The Hall–Kier alpha value is -3.37. The molecule has 3 aromatic rings. The van der Waals surface area contributed by atoms with Crippen molar-refractivity contribution in [2.75, 3.05) is 37.7 Å². The Morgan fingerprint density at radius 1 is 1.14 bits per heavy atom. The van der Waals surface area contributed by atoms with Crippen LogP contribution in [0.2, 0.25) is 5.02 Å². The third-order valence-corrected chi connectivity index (χ3v) is 5.19. The molecule has 0 unspecified atom stereocenters. The third kappa shape index (κ3) is 4.08. The van der Waals surface area contributed by atoms with Crippen LogP contribution in [0.25, 0.3) is 10.9 Å². The van der Waals surface area contributed by atoms with Crippen LogP contribution in [0, 0.1) is 11.3 Å². The molecule has 29 heavy (non-hydrogen) atoms. The first kappa shape index (κ1) is 19.0. The summed E-state index contributed by atoms with van der Waals surface area (Å²) in [6, 6.07) is 12.7. The number of fused-ring (bicyclic) bond motifs is 1. The molecule has 0 spiro atoms. The molecule has 7 nitrogen and oxygen atoms in total. The lowest BCUT2D eigenvalue weighted by molar-refractivity contribution is -0.133. The number of rotatable bonds is 4. The minimum Gasteiger partial charge on any atom is -0.481 e. The van der Waals surface area contributed by atoms with Crippen LogP contribution in [-0.2, 0) is 4.79 Å². The molecule has 0 atom stereocenters. The molecule has 146 valence electrons. The first-order valence-electron chi connectivity index (χ1n) is 9.20. The lowest BCUT2D eigenvalue weighted by atomic mass is 10.2. The van der Waals surface area contributed by atoms with Crippen LogP contribution in [-0.4, -0.2) is 53.6 Å². The van der Waals surface area contributed by atoms with Crippen molar-refractivity contribution in [3.8, 4) is 11.8 Å². The molecule has 8 heteroatoms. The fraction of sp³-hybridized carbons (Fsp3) is 0.238. The van der Waals surface area contributed by atoms with Gasteiger partial charge in [0.15, 0.2) is 6.61 Å². The van der Waals surface area contributed by atoms with Gasteiger partial charge in [-0.3, -0.25) is 9.78 Å². The molecule has 0 N–H and O–H groups in total. The Kier molecular flexibility index (Phi) is 5.45. The molecule has 0 radical (unpaired) electrons. The van der Waals surface area contributed by atoms with E-state index in [4.69, 9.17) is 21.6 Å². The second-order valence-electron chi connectivity index (χ2n) is 6.62. The van der Waals surface area contributed by atoms with Crippen LogP contribution in [0.3, 0.4) is 0 Å². The lowest BCUT2D eigenvalue weighted by Gasteiger charge is -2.35. The van der Waals surface area contributed by atoms with Gasteiger partial charge in [-0.1, -0.05) is 11.6 Å². The second kappa shape index (κ2) is 8.33. The van der Waals surface area contributed by atoms with Crippen molar-refractivity contribution >= 4 is 34.2 Å². The van der Waals surface area contributed by atoms with E-state index in [1.165, 1.54) is 0 Å². The summed E-state index contributed by atoms with van der Waals surface area (Å²) in [4.78, 5) is 25.1. The Bertz CT molecular complexity index is 1090. The SMILES string of the molecule is N#Cc1ccnc(N2CCN(C(=O)COc3ccc(Cl)c4cccnc34)CC2)c1. The van der Waals surface area contributed by atoms with Gasteiger partial charge in [0.05, 0.1) is 16.7 Å². The first-order valence-corrected chi connectivity index (χ1v) is 9.58. The van der Waals surface area contributed by atoms with E-state index < -0.39 is 0 Å². The molecule has 1 aliphatic heterocycles. The van der Waals surface area contributed by atoms with E-state index in [0.29, 0.717) is 48.0 Å². The topological polar surface area (TPSA) is 82.4 Å². The number of carbonyl (C=O) groups is 1. The number of hydrogen-bond donors (Lipinski definition) is 0. The number of nitrogens with zero attached hydrogens (tertiary/aromatic N) is 5. The second-order valence-corrected chi connectivity index (χ2v) is 7.02. The Morgan fingerprint density at radius 3 is 2.76 bits per heavy atom. The van der Waals surface area contributed by atoms with Gasteiger partial charge in [0, 0.05) is 44.0 Å². The van der Waals surface area contributed by atoms with Crippen molar-refractivity contribution in [2.45, 2.75) is 0 Å². The molecule has 0 aliphatic carbocycles. The molecule has 1 saturated heterocycles. The van der Waals surface area contributed by atoms with Crippen molar-refractivity contribution in [1.82, 2.24) is 14.9 Å². The van der Waals surface area contributed by atoms with Gasteiger partial charge < -0.3 is 14.5 Å². The van der Waals surface area contributed by atoms with Gasteiger partial charge in [-0.25, -0.2) is 4.98 Å². The third-order valence-electron chi connectivity index (χ3n) is 4.86. The largest absolute Gasteiger partial charge is 0.481 e. The van der Waals surface area contributed by atoms with E-state index in [1.807, 2.05) is 12.1 Å². The van der Waals surface area contributed by atoms with Crippen LogP contribution in [0.5, 0.6) is 5.75 Å². The first-order chi connectivity index (χ1) is 14.2. The van der Waals surface area contributed by atoms with Crippen LogP contribution >= 0.6 is 11.6 Å². The van der Waals surface area contributed by atoms with E-state index >= 15 is 0 Å². The fourth-order valence-corrected chi connectivity index (χ4v) is 3.52. The number of nitriles is 1. The van der Waals surface area contributed by atoms with Crippen molar-refractivity contribution in [1.29, 1.82) is 5.26 Å². The number of benzene rings is 1. The predicted molar refractivity (Wildman–Crippen MR) is 110 cm³/mol. The van der Waals surface area contributed by atoms with Crippen molar-refractivity contribution in [3.63, 3.8) is 0 Å². The molecule has 1 aliphatic rings. The van der Waals surface area contributed by atoms with E-state index in [9.17, 15) is 4.79 Å². The van der Waals surface area contributed by atoms with Crippen molar-refractivity contribution < 1.29 is 9.53 Å². The Labute approximate surface area is 173 Å². The van der Waals surface area contributed by atoms with Gasteiger partial charge in [-0.05, 0) is 36.4 Å². The molecule has 0 saturated carbocycles. The molecule has 4 rings (SSSR count). The summed E-state index contributed by atoms with van der Waals surface area (Å²) in [6.07, 6.45) is 3.30. The summed E-state index contributed by atoms with van der Waals surface area (Å²) in [5.41, 5.74) is 1.21. The quantitative estimate of drug-likeness (QED) is 0.661. The minimum atomic E-state index is -0.0811. The molecule has 2 aromatic heterocycles. The monoisotopic (exact) mass is 407 g/mol. The summed E-state index contributed by atoms with van der Waals surface area (Å²) >= 11 is 6.20. The highest BCUT2D eigenvalue weighted by Crippen LogP contribution is 2.29. The maximum Gasteiger partial charge on any atom is 0.260 e. The summed E-state index contributed by atoms with van der Waals surface area (Å²) in [7, 11) is 0. The minimum absolute atomic E-state index is 0.0600. The smallest absolute Gasteiger partial charge is 0.260 e. The predicted octanol–water partition coefficient (Wildman–Crippen LogP) is 2.88. The number of amides is 1. The fourth-order valence-electron chi connectivity index (χ4n) is 3.31. The van der Waals surface area contributed by atoms with Crippen LogP contribution < -0.4 is 9.64 Å².